The van der Waals surface area contributed by atoms with Crippen LogP contribution < -0.4 is 0 Å². The monoisotopic (exact) mass is 301 g/mol. The molecule has 0 radical (unpaired) electrons. The lowest BCUT2D eigenvalue weighted by atomic mass is 10.1. The van der Waals surface area contributed by atoms with Crippen molar-refractivity contribution in [1.29, 1.82) is 0 Å². The van der Waals surface area contributed by atoms with Crippen LogP contribution in [0, 0.1) is 6.92 Å². The molecule has 0 spiro atoms. The van der Waals surface area contributed by atoms with Gasteiger partial charge in [-0.2, -0.15) is 0 Å². The number of nitrogens with zero attached hydrogens (tertiary/aromatic N) is 1. The topological polar surface area (TPSA) is 161 Å². The van der Waals surface area contributed by atoms with E-state index in [0.717, 1.165) is 0 Å². The molecule has 0 atom stereocenters. The summed E-state index contributed by atoms with van der Waals surface area (Å²) in [5.41, 5.74) is 0.809. The van der Waals surface area contributed by atoms with Crippen LogP contribution in [0.1, 0.15) is 17.7 Å². The number of aryl methyl sites for hydroxylation is 2. The normalized spacial score (nSPS) is 13.9. The summed E-state index contributed by atoms with van der Waals surface area (Å²) in [6, 6.07) is 0. The standard InChI is InChI=1S/C7H13NO8P2/c1-5-6(4-16-8-5)2-3-7(9,17(10,11)12)18(13,14)15/h4,9H,2-3H2,1H3,(H2,10,11,12)(H2,13,14,15). The molecule has 0 aromatic carbocycles. The van der Waals surface area contributed by atoms with Gasteiger partial charge in [-0.05, 0) is 13.3 Å². The summed E-state index contributed by atoms with van der Waals surface area (Å²) in [5.74, 6) is 0. The average molecular weight is 301 g/mol. The molecule has 9 nitrogen and oxygen atoms in total. The fraction of sp³-hybridized carbons (Fsp3) is 0.571. The molecular formula is C7H13NO8P2. The largest absolute Gasteiger partial charge is 0.369 e. The molecule has 0 saturated carbocycles. The molecule has 11 heteroatoms. The van der Waals surface area contributed by atoms with Gasteiger partial charge in [-0.25, -0.2) is 0 Å². The summed E-state index contributed by atoms with van der Waals surface area (Å²) >= 11 is 0. The fourth-order valence-corrected chi connectivity index (χ4v) is 3.48. The Balaban J connectivity index is 2.99. The Kier molecular flexibility index (Phi) is 4.19. The van der Waals surface area contributed by atoms with E-state index in [-0.39, 0.29) is 6.42 Å². The van der Waals surface area contributed by atoms with Crippen molar-refractivity contribution in [3.63, 3.8) is 0 Å². The molecule has 0 fully saturated rings. The van der Waals surface area contributed by atoms with E-state index < -0.39 is 26.7 Å². The summed E-state index contributed by atoms with van der Waals surface area (Å²) < 4.78 is 26.7. The highest BCUT2D eigenvalue weighted by atomic mass is 31.2. The van der Waals surface area contributed by atoms with Crippen LogP contribution in [0.25, 0.3) is 0 Å². The molecule has 1 heterocycles. The van der Waals surface area contributed by atoms with Gasteiger partial charge in [0.15, 0.2) is 0 Å². The van der Waals surface area contributed by atoms with Gasteiger partial charge in [0.2, 0.25) is 0 Å². The Morgan fingerprint density at radius 3 is 2.11 bits per heavy atom. The Morgan fingerprint density at radius 1 is 1.28 bits per heavy atom. The van der Waals surface area contributed by atoms with Crippen LogP contribution in [0.15, 0.2) is 10.8 Å². The van der Waals surface area contributed by atoms with Crippen LogP contribution in [0.5, 0.6) is 0 Å². The van der Waals surface area contributed by atoms with Gasteiger partial charge < -0.3 is 29.2 Å². The number of hydrogen-bond donors (Lipinski definition) is 5. The minimum atomic E-state index is -5.40. The van der Waals surface area contributed by atoms with Gasteiger partial charge in [0, 0.05) is 12.0 Å². The third kappa shape index (κ3) is 2.89. The van der Waals surface area contributed by atoms with Crippen LogP contribution in [0.3, 0.4) is 0 Å². The van der Waals surface area contributed by atoms with Crippen LogP contribution >= 0.6 is 15.2 Å². The van der Waals surface area contributed by atoms with Crippen LogP contribution in [-0.2, 0) is 15.6 Å². The minimum absolute atomic E-state index is 0.192. The molecule has 1 aromatic rings. The van der Waals surface area contributed by atoms with Crippen LogP contribution in [-0.4, -0.2) is 34.9 Å². The van der Waals surface area contributed by atoms with E-state index in [2.05, 4.69) is 9.68 Å². The summed E-state index contributed by atoms with van der Waals surface area (Å²) in [6.45, 7) is 1.55. The second-order valence-corrected chi connectivity index (χ2v) is 7.80. The van der Waals surface area contributed by atoms with Crippen molar-refractivity contribution in [1.82, 2.24) is 5.16 Å². The van der Waals surface area contributed by atoms with Crippen molar-refractivity contribution in [2.45, 2.75) is 24.8 Å². The predicted molar refractivity (Wildman–Crippen MR) is 58.6 cm³/mol. The van der Waals surface area contributed by atoms with Crippen LogP contribution in [0.4, 0.5) is 0 Å². The lowest BCUT2D eigenvalue weighted by Crippen LogP contribution is -2.29. The van der Waals surface area contributed by atoms with Crippen molar-refractivity contribution in [3.05, 3.63) is 17.5 Å². The van der Waals surface area contributed by atoms with Crippen molar-refractivity contribution < 1.29 is 38.3 Å². The predicted octanol–water partition coefficient (Wildman–Crippen LogP) is -0.0829. The Hall–Kier alpha value is -0.530. The molecule has 5 N–H and O–H groups in total. The van der Waals surface area contributed by atoms with Gasteiger partial charge >= 0.3 is 15.2 Å². The summed E-state index contributed by atoms with van der Waals surface area (Å²) in [5, 5.41) is 9.69. The first-order valence-electron chi connectivity index (χ1n) is 4.72. The molecule has 1 rings (SSSR count). The van der Waals surface area contributed by atoms with Gasteiger partial charge in [0.25, 0.3) is 5.08 Å². The van der Waals surface area contributed by atoms with Crippen molar-refractivity contribution >= 4 is 15.2 Å². The molecule has 1 aromatic heterocycles. The van der Waals surface area contributed by atoms with E-state index in [0.29, 0.717) is 11.3 Å². The molecule has 104 valence electrons. The molecule has 0 saturated heterocycles. The molecule has 0 bridgehead atoms. The molecule has 0 aliphatic carbocycles. The highest BCUT2D eigenvalue weighted by Crippen LogP contribution is 2.69. The maximum absolute atomic E-state index is 11.1. The first-order chi connectivity index (χ1) is 7.99. The zero-order chi connectivity index (χ0) is 14.2. The van der Waals surface area contributed by atoms with E-state index >= 15 is 0 Å². The van der Waals surface area contributed by atoms with Crippen molar-refractivity contribution in [2.24, 2.45) is 0 Å². The molecule has 18 heavy (non-hydrogen) atoms. The lowest BCUT2D eigenvalue weighted by molar-refractivity contribution is 0.123. The molecular weight excluding hydrogens is 288 g/mol. The number of aromatic nitrogens is 1. The smallest absolute Gasteiger partial charge is 0.368 e. The Bertz CT molecular complexity index is 491. The molecule has 0 amide bonds. The molecule has 0 unspecified atom stereocenters. The van der Waals surface area contributed by atoms with Crippen molar-refractivity contribution in [2.75, 3.05) is 0 Å². The Labute approximate surface area is 102 Å². The van der Waals surface area contributed by atoms with Gasteiger partial charge in [-0.1, -0.05) is 5.16 Å². The van der Waals surface area contributed by atoms with Crippen molar-refractivity contribution in [3.8, 4) is 0 Å². The second kappa shape index (κ2) is 4.86. The minimum Gasteiger partial charge on any atom is -0.368 e. The number of aliphatic hydroxyl groups is 1. The summed E-state index contributed by atoms with van der Waals surface area (Å²) in [6.07, 6.45) is 0.167. The number of hydrogen-bond acceptors (Lipinski definition) is 5. The average Bonchev–Trinajstić information content (AvgIpc) is 2.57. The van der Waals surface area contributed by atoms with E-state index in [9.17, 15) is 14.2 Å². The second-order valence-electron chi connectivity index (χ2n) is 3.79. The SMILES string of the molecule is Cc1nocc1CCC(O)(P(=O)(O)O)P(=O)(O)O. The van der Waals surface area contributed by atoms with Gasteiger partial charge in [-0.15, -0.1) is 0 Å². The highest BCUT2D eigenvalue weighted by molar-refractivity contribution is 7.72. The summed E-state index contributed by atoms with van der Waals surface area (Å²) in [7, 11) is -10.8. The van der Waals surface area contributed by atoms with E-state index in [1.807, 2.05) is 0 Å². The zero-order valence-electron chi connectivity index (χ0n) is 9.29. The quantitative estimate of drug-likeness (QED) is 0.468. The maximum Gasteiger partial charge on any atom is 0.369 e. The van der Waals surface area contributed by atoms with E-state index in [1.165, 1.54) is 6.26 Å². The first kappa shape index (κ1) is 15.5. The van der Waals surface area contributed by atoms with E-state index in [4.69, 9.17) is 19.6 Å². The molecule has 0 aliphatic rings. The fourth-order valence-electron chi connectivity index (χ4n) is 1.32. The Morgan fingerprint density at radius 2 is 1.78 bits per heavy atom. The van der Waals surface area contributed by atoms with Gasteiger partial charge in [0.1, 0.15) is 6.26 Å². The maximum atomic E-state index is 11.1. The van der Waals surface area contributed by atoms with Crippen LogP contribution in [0.2, 0.25) is 0 Å². The third-order valence-corrected chi connectivity index (χ3v) is 6.39. The lowest BCUT2D eigenvalue weighted by Gasteiger charge is -2.28. The first-order valence-corrected chi connectivity index (χ1v) is 7.95. The molecule has 0 aliphatic heterocycles. The van der Waals surface area contributed by atoms with E-state index in [1.54, 1.807) is 6.92 Å². The van der Waals surface area contributed by atoms with Gasteiger partial charge in [-0.3, -0.25) is 9.13 Å². The zero-order valence-corrected chi connectivity index (χ0v) is 11.1. The third-order valence-electron chi connectivity index (χ3n) is 2.51. The van der Waals surface area contributed by atoms with Gasteiger partial charge in [0.05, 0.1) is 5.69 Å². The highest BCUT2D eigenvalue weighted by Gasteiger charge is 2.58. The summed E-state index contributed by atoms with van der Waals surface area (Å²) in [4.78, 5) is 35.6. The number of rotatable bonds is 5.